The molecule has 0 fully saturated rings. The van der Waals surface area contributed by atoms with E-state index in [1.807, 2.05) is 24.3 Å². The van der Waals surface area contributed by atoms with E-state index in [-0.39, 0.29) is 30.8 Å². The molecule has 0 amide bonds. The number of nitrogens with two attached hydrogens (primary N) is 3. The Morgan fingerprint density at radius 3 is 2.00 bits per heavy atom. The number of hydrogen-bond acceptors (Lipinski definition) is 2. The molecular formula is C9H16Cl2N4. The van der Waals surface area contributed by atoms with Gasteiger partial charge < -0.3 is 17.2 Å². The molecule has 0 saturated heterocycles. The molecule has 0 spiro atoms. The van der Waals surface area contributed by atoms with Crippen LogP contribution in [0.4, 0.5) is 5.69 Å². The number of guanidine groups is 1. The molecule has 0 unspecified atom stereocenters. The van der Waals surface area contributed by atoms with E-state index in [1.54, 1.807) is 0 Å². The minimum Gasteiger partial charge on any atom is -0.370 e. The Bertz CT molecular complexity index is 293. The molecule has 1 aromatic carbocycles. The highest BCUT2D eigenvalue weighted by Crippen LogP contribution is 2.12. The van der Waals surface area contributed by atoms with E-state index < -0.39 is 0 Å². The molecule has 86 valence electrons. The fourth-order valence-electron chi connectivity index (χ4n) is 1.05. The largest absolute Gasteiger partial charge is 0.370 e. The Kier molecular flexibility index (Phi) is 9.16. The van der Waals surface area contributed by atoms with Gasteiger partial charge in [-0.1, -0.05) is 12.1 Å². The summed E-state index contributed by atoms with van der Waals surface area (Å²) in [6.45, 7) is 0.654. The van der Waals surface area contributed by atoms with E-state index in [9.17, 15) is 0 Å². The summed E-state index contributed by atoms with van der Waals surface area (Å²) in [5.41, 5.74) is 17.8. The second-order valence-corrected chi connectivity index (χ2v) is 2.74. The van der Waals surface area contributed by atoms with Crippen molar-refractivity contribution in [3.8, 4) is 0 Å². The van der Waals surface area contributed by atoms with Crippen LogP contribution in [0.5, 0.6) is 0 Å². The maximum absolute atomic E-state index is 5.41. The van der Waals surface area contributed by atoms with Crippen LogP contribution >= 0.6 is 24.8 Å². The number of aliphatic imine (C=N–C) groups is 1. The lowest BCUT2D eigenvalue weighted by molar-refractivity contribution is 0.969. The summed E-state index contributed by atoms with van der Waals surface area (Å²) >= 11 is 0. The number of nitrogens with zero attached hydrogens (tertiary/aromatic N) is 1. The third-order valence-electron chi connectivity index (χ3n) is 1.63. The highest BCUT2D eigenvalue weighted by molar-refractivity contribution is 5.85. The predicted molar refractivity (Wildman–Crippen MR) is 69.2 cm³/mol. The number of halogens is 2. The van der Waals surface area contributed by atoms with Crippen molar-refractivity contribution in [3.63, 3.8) is 0 Å². The van der Waals surface area contributed by atoms with Crippen LogP contribution in [0.15, 0.2) is 29.3 Å². The average Bonchev–Trinajstić information content (AvgIpc) is 2.08. The molecule has 0 radical (unpaired) electrons. The molecule has 0 aliphatic carbocycles. The van der Waals surface area contributed by atoms with Gasteiger partial charge in [0.2, 0.25) is 0 Å². The van der Waals surface area contributed by atoms with E-state index in [2.05, 4.69) is 4.99 Å². The fraction of sp³-hybridized carbons (Fsp3) is 0.222. The first kappa shape index (κ1) is 16.5. The third kappa shape index (κ3) is 6.17. The minimum atomic E-state index is 0. The van der Waals surface area contributed by atoms with E-state index in [4.69, 9.17) is 17.2 Å². The van der Waals surface area contributed by atoms with Gasteiger partial charge in [-0.3, -0.25) is 0 Å². The lowest BCUT2D eigenvalue weighted by atomic mass is 10.1. The molecular weight excluding hydrogens is 235 g/mol. The molecule has 1 rings (SSSR count). The number of hydrogen-bond donors (Lipinski definition) is 3. The topological polar surface area (TPSA) is 90.4 Å². The summed E-state index contributed by atoms with van der Waals surface area (Å²) < 4.78 is 0. The molecule has 0 aliphatic rings. The molecule has 1 aromatic rings. The highest BCUT2D eigenvalue weighted by Gasteiger charge is 1.92. The molecule has 0 aliphatic heterocycles. The van der Waals surface area contributed by atoms with Gasteiger partial charge in [-0.15, -0.1) is 24.8 Å². The SMILES string of the molecule is Cl.Cl.NCCc1ccc(N=C(N)N)cc1. The Labute approximate surface area is 102 Å². The second kappa shape index (κ2) is 8.35. The van der Waals surface area contributed by atoms with Crippen molar-refractivity contribution in [3.05, 3.63) is 29.8 Å². The first-order valence-corrected chi connectivity index (χ1v) is 4.11. The normalized spacial score (nSPS) is 8.33. The van der Waals surface area contributed by atoms with Crippen molar-refractivity contribution in [2.75, 3.05) is 6.54 Å². The van der Waals surface area contributed by atoms with Gasteiger partial charge in [0.25, 0.3) is 0 Å². The Hall–Kier alpha value is -0.970. The number of rotatable bonds is 3. The zero-order valence-electron chi connectivity index (χ0n) is 8.22. The van der Waals surface area contributed by atoms with Crippen LogP contribution in [-0.4, -0.2) is 12.5 Å². The van der Waals surface area contributed by atoms with Gasteiger partial charge >= 0.3 is 0 Å². The van der Waals surface area contributed by atoms with Gasteiger partial charge in [0.1, 0.15) is 0 Å². The zero-order chi connectivity index (χ0) is 9.68. The van der Waals surface area contributed by atoms with Crippen LogP contribution in [0.2, 0.25) is 0 Å². The average molecular weight is 251 g/mol. The molecule has 0 aromatic heterocycles. The summed E-state index contributed by atoms with van der Waals surface area (Å²) in [4.78, 5) is 3.90. The van der Waals surface area contributed by atoms with Gasteiger partial charge in [-0.05, 0) is 30.7 Å². The standard InChI is InChI=1S/C9H14N4.2ClH/c10-6-5-7-1-3-8(4-2-7)13-9(11)12;;/h1-4H,5-6,10H2,(H4,11,12,13);2*1H. The zero-order valence-corrected chi connectivity index (χ0v) is 9.85. The highest BCUT2D eigenvalue weighted by atomic mass is 35.5. The third-order valence-corrected chi connectivity index (χ3v) is 1.63. The van der Waals surface area contributed by atoms with E-state index >= 15 is 0 Å². The van der Waals surface area contributed by atoms with Gasteiger partial charge in [0.15, 0.2) is 5.96 Å². The summed E-state index contributed by atoms with van der Waals surface area (Å²) in [6, 6.07) is 7.67. The first-order valence-electron chi connectivity index (χ1n) is 4.11. The van der Waals surface area contributed by atoms with E-state index in [1.165, 1.54) is 5.56 Å². The molecule has 6 N–H and O–H groups in total. The monoisotopic (exact) mass is 250 g/mol. The van der Waals surface area contributed by atoms with Gasteiger partial charge in [0, 0.05) is 0 Å². The molecule has 0 bridgehead atoms. The molecule has 15 heavy (non-hydrogen) atoms. The van der Waals surface area contributed by atoms with E-state index in [0.29, 0.717) is 6.54 Å². The van der Waals surface area contributed by atoms with Crippen molar-refractivity contribution < 1.29 is 0 Å². The van der Waals surface area contributed by atoms with Crippen LogP contribution in [-0.2, 0) is 6.42 Å². The van der Waals surface area contributed by atoms with Crippen molar-refractivity contribution in [1.82, 2.24) is 0 Å². The van der Waals surface area contributed by atoms with Crippen LogP contribution in [0.3, 0.4) is 0 Å². The van der Waals surface area contributed by atoms with Crippen LogP contribution in [0.25, 0.3) is 0 Å². The van der Waals surface area contributed by atoms with Gasteiger partial charge in [-0.25, -0.2) is 4.99 Å². The fourth-order valence-corrected chi connectivity index (χ4v) is 1.05. The Morgan fingerprint density at radius 1 is 1.07 bits per heavy atom. The second-order valence-electron chi connectivity index (χ2n) is 2.74. The van der Waals surface area contributed by atoms with Crippen molar-refractivity contribution in [1.29, 1.82) is 0 Å². The molecule has 0 saturated carbocycles. The van der Waals surface area contributed by atoms with Gasteiger partial charge in [-0.2, -0.15) is 0 Å². The first-order chi connectivity index (χ1) is 6.22. The van der Waals surface area contributed by atoms with Gasteiger partial charge in [0.05, 0.1) is 5.69 Å². The van der Waals surface area contributed by atoms with Crippen molar-refractivity contribution in [2.24, 2.45) is 22.2 Å². The molecule has 6 heteroatoms. The summed E-state index contributed by atoms with van der Waals surface area (Å²) in [5.74, 6) is 0.0755. The maximum atomic E-state index is 5.41. The predicted octanol–water partition coefficient (Wildman–Crippen LogP) is 0.936. The minimum absolute atomic E-state index is 0. The van der Waals surface area contributed by atoms with E-state index in [0.717, 1.165) is 12.1 Å². The van der Waals surface area contributed by atoms with Crippen LogP contribution in [0.1, 0.15) is 5.56 Å². The molecule has 0 heterocycles. The smallest absolute Gasteiger partial charge is 0.191 e. The van der Waals surface area contributed by atoms with Crippen molar-refractivity contribution in [2.45, 2.75) is 6.42 Å². The summed E-state index contributed by atoms with van der Waals surface area (Å²) in [6.07, 6.45) is 0.877. The van der Waals surface area contributed by atoms with Crippen LogP contribution < -0.4 is 17.2 Å². The lowest BCUT2D eigenvalue weighted by Gasteiger charge is -1.99. The maximum Gasteiger partial charge on any atom is 0.191 e. The molecule has 0 atom stereocenters. The van der Waals surface area contributed by atoms with Crippen molar-refractivity contribution >= 4 is 36.5 Å². The number of benzene rings is 1. The Balaban J connectivity index is 0. The quantitative estimate of drug-likeness (QED) is 0.551. The molecule has 4 nitrogen and oxygen atoms in total. The summed E-state index contributed by atoms with van der Waals surface area (Å²) in [5, 5.41) is 0. The lowest BCUT2D eigenvalue weighted by Crippen LogP contribution is -2.21. The summed E-state index contributed by atoms with van der Waals surface area (Å²) in [7, 11) is 0. The van der Waals surface area contributed by atoms with Crippen LogP contribution in [0, 0.1) is 0 Å². The Morgan fingerprint density at radius 2 is 1.60 bits per heavy atom.